The molecule has 0 amide bonds. The van der Waals surface area contributed by atoms with Crippen molar-refractivity contribution in [3.63, 3.8) is 0 Å². The van der Waals surface area contributed by atoms with Crippen molar-refractivity contribution in [3.05, 3.63) is 52.8 Å². The van der Waals surface area contributed by atoms with Crippen molar-refractivity contribution in [1.29, 1.82) is 0 Å². The number of para-hydroxylation sites is 1. The number of rotatable bonds is 7. The van der Waals surface area contributed by atoms with E-state index in [9.17, 15) is 10.1 Å². The van der Waals surface area contributed by atoms with E-state index in [0.717, 1.165) is 5.69 Å². The molecule has 2 aromatic rings. The van der Waals surface area contributed by atoms with Gasteiger partial charge in [-0.3, -0.25) is 10.1 Å². The van der Waals surface area contributed by atoms with Crippen molar-refractivity contribution >= 4 is 17.3 Å². The first-order chi connectivity index (χ1) is 10.6. The fourth-order valence-electron chi connectivity index (χ4n) is 1.91. The van der Waals surface area contributed by atoms with Crippen LogP contribution in [0.5, 0.6) is 0 Å². The van der Waals surface area contributed by atoms with Crippen LogP contribution >= 0.6 is 0 Å². The van der Waals surface area contributed by atoms with Gasteiger partial charge in [-0.15, -0.1) is 0 Å². The molecule has 0 bridgehead atoms. The lowest BCUT2D eigenvalue weighted by atomic mass is 10.0. The zero-order valence-electron chi connectivity index (χ0n) is 12.6. The zero-order valence-corrected chi connectivity index (χ0v) is 12.6. The summed E-state index contributed by atoms with van der Waals surface area (Å²) < 4.78 is 0. The maximum Gasteiger partial charge on any atom is 0.305 e. The summed E-state index contributed by atoms with van der Waals surface area (Å²) >= 11 is 0. The van der Waals surface area contributed by atoms with Crippen LogP contribution in [0.15, 0.2) is 42.7 Å². The molecule has 0 aliphatic heterocycles. The van der Waals surface area contributed by atoms with E-state index in [1.807, 2.05) is 30.3 Å². The van der Waals surface area contributed by atoms with Crippen LogP contribution < -0.4 is 10.6 Å². The minimum atomic E-state index is -0.516. The maximum absolute atomic E-state index is 10.6. The summed E-state index contributed by atoms with van der Waals surface area (Å²) in [5.74, 6) is 0.775. The van der Waals surface area contributed by atoms with E-state index in [4.69, 9.17) is 0 Å². The highest BCUT2D eigenvalue weighted by atomic mass is 16.6. The maximum atomic E-state index is 10.6. The SMILES string of the molecule is CC(C)C(CNc1ncc([N+](=O)[O-])cn1)Nc1ccccc1. The first kappa shape index (κ1) is 15.7. The molecule has 0 fully saturated rings. The van der Waals surface area contributed by atoms with Crippen LogP contribution in [0.2, 0.25) is 0 Å². The Balaban J connectivity index is 1.95. The van der Waals surface area contributed by atoms with Gasteiger partial charge in [0.2, 0.25) is 5.95 Å². The van der Waals surface area contributed by atoms with Gasteiger partial charge >= 0.3 is 5.69 Å². The Bertz CT molecular complexity index is 601. The molecule has 1 aromatic heterocycles. The summed E-state index contributed by atoms with van der Waals surface area (Å²) in [4.78, 5) is 17.9. The first-order valence-corrected chi connectivity index (χ1v) is 7.08. The minimum Gasteiger partial charge on any atom is -0.380 e. The molecular weight excluding hydrogens is 282 g/mol. The highest BCUT2D eigenvalue weighted by Gasteiger charge is 2.14. The molecule has 2 N–H and O–H groups in total. The number of aromatic nitrogens is 2. The second-order valence-electron chi connectivity index (χ2n) is 5.26. The molecule has 2 rings (SSSR count). The molecule has 22 heavy (non-hydrogen) atoms. The first-order valence-electron chi connectivity index (χ1n) is 7.08. The topological polar surface area (TPSA) is 93.0 Å². The summed E-state index contributed by atoms with van der Waals surface area (Å²) in [6.07, 6.45) is 2.40. The van der Waals surface area contributed by atoms with Crippen LogP contribution in [0.1, 0.15) is 13.8 Å². The van der Waals surface area contributed by atoms with Crippen molar-refractivity contribution in [1.82, 2.24) is 9.97 Å². The largest absolute Gasteiger partial charge is 0.380 e. The van der Waals surface area contributed by atoms with Gasteiger partial charge in [-0.2, -0.15) is 0 Å². The average molecular weight is 301 g/mol. The molecule has 0 aliphatic rings. The van der Waals surface area contributed by atoms with E-state index in [0.29, 0.717) is 18.4 Å². The van der Waals surface area contributed by atoms with Gasteiger partial charge in [0.05, 0.1) is 4.92 Å². The van der Waals surface area contributed by atoms with Crippen LogP contribution in [-0.4, -0.2) is 27.5 Å². The molecule has 0 spiro atoms. The third-order valence-electron chi connectivity index (χ3n) is 3.26. The predicted molar refractivity (Wildman–Crippen MR) is 85.9 cm³/mol. The van der Waals surface area contributed by atoms with Gasteiger partial charge in [-0.1, -0.05) is 32.0 Å². The van der Waals surface area contributed by atoms with Crippen molar-refractivity contribution in [2.24, 2.45) is 5.92 Å². The molecule has 0 saturated carbocycles. The number of hydrogen-bond acceptors (Lipinski definition) is 6. The highest BCUT2D eigenvalue weighted by Crippen LogP contribution is 2.13. The monoisotopic (exact) mass is 301 g/mol. The molecule has 1 aromatic carbocycles. The highest BCUT2D eigenvalue weighted by molar-refractivity contribution is 5.44. The number of hydrogen-bond donors (Lipinski definition) is 2. The van der Waals surface area contributed by atoms with E-state index in [1.54, 1.807) is 0 Å². The second-order valence-corrected chi connectivity index (χ2v) is 5.26. The summed E-state index contributed by atoms with van der Waals surface area (Å²) in [6.45, 7) is 4.86. The van der Waals surface area contributed by atoms with Gasteiger partial charge in [-0.05, 0) is 18.1 Å². The second kappa shape index (κ2) is 7.35. The van der Waals surface area contributed by atoms with E-state index < -0.39 is 4.92 Å². The van der Waals surface area contributed by atoms with Gasteiger partial charge in [0, 0.05) is 18.3 Å². The third kappa shape index (κ3) is 4.41. The number of nitro groups is 1. The lowest BCUT2D eigenvalue weighted by molar-refractivity contribution is -0.385. The van der Waals surface area contributed by atoms with Crippen molar-refractivity contribution < 1.29 is 4.92 Å². The Morgan fingerprint density at radius 1 is 1.18 bits per heavy atom. The summed E-state index contributed by atoms with van der Waals surface area (Å²) in [5, 5.41) is 17.1. The molecule has 0 radical (unpaired) electrons. The third-order valence-corrected chi connectivity index (χ3v) is 3.26. The summed E-state index contributed by atoms with van der Waals surface area (Å²) in [5.41, 5.74) is 0.931. The van der Waals surface area contributed by atoms with Gasteiger partial charge in [0.1, 0.15) is 12.4 Å². The number of benzene rings is 1. The van der Waals surface area contributed by atoms with E-state index in [-0.39, 0.29) is 11.7 Å². The Labute approximate surface area is 129 Å². The van der Waals surface area contributed by atoms with Crippen molar-refractivity contribution in [2.75, 3.05) is 17.2 Å². The average Bonchev–Trinajstić information content (AvgIpc) is 2.52. The molecule has 1 heterocycles. The molecular formula is C15H19N5O2. The lowest BCUT2D eigenvalue weighted by Crippen LogP contribution is -2.33. The summed E-state index contributed by atoms with van der Waals surface area (Å²) in [6, 6.07) is 10.1. The number of nitrogens with one attached hydrogen (secondary N) is 2. The Hall–Kier alpha value is -2.70. The van der Waals surface area contributed by atoms with Crippen LogP contribution in [-0.2, 0) is 0 Å². The number of anilines is 2. The lowest BCUT2D eigenvalue weighted by Gasteiger charge is -2.23. The molecule has 7 nitrogen and oxygen atoms in total. The number of nitrogens with zero attached hydrogens (tertiary/aromatic N) is 3. The van der Waals surface area contributed by atoms with E-state index >= 15 is 0 Å². The molecule has 1 unspecified atom stereocenters. The quantitative estimate of drug-likeness (QED) is 0.603. The fourth-order valence-corrected chi connectivity index (χ4v) is 1.91. The minimum absolute atomic E-state index is 0.117. The van der Waals surface area contributed by atoms with Crippen molar-refractivity contribution in [3.8, 4) is 0 Å². The zero-order chi connectivity index (χ0) is 15.9. The molecule has 7 heteroatoms. The van der Waals surface area contributed by atoms with E-state index in [1.165, 1.54) is 12.4 Å². The Morgan fingerprint density at radius 2 is 1.82 bits per heavy atom. The molecule has 116 valence electrons. The Morgan fingerprint density at radius 3 is 2.36 bits per heavy atom. The fraction of sp³-hybridized carbons (Fsp3) is 0.333. The van der Waals surface area contributed by atoms with Gasteiger partial charge in [0.25, 0.3) is 0 Å². The standard InChI is InChI=1S/C15H19N5O2/c1-11(2)14(19-12-6-4-3-5-7-12)10-18-15-16-8-13(9-17-15)20(21)22/h3-9,11,14,19H,10H2,1-2H3,(H,16,17,18). The molecule has 0 aliphatic carbocycles. The molecule has 1 atom stereocenters. The van der Waals surface area contributed by atoms with Crippen LogP contribution in [0.3, 0.4) is 0 Å². The van der Waals surface area contributed by atoms with Gasteiger partial charge in [-0.25, -0.2) is 9.97 Å². The van der Waals surface area contributed by atoms with Crippen LogP contribution in [0.25, 0.3) is 0 Å². The van der Waals surface area contributed by atoms with Gasteiger partial charge < -0.3 is 10.6 Å². The molecule has 0 saturated heterocycles. The van der Waals surface area contributed by atoms with Gasteiger partial charge in [0.15, 0.2) is 0 Å². The predicted octanol–water partition coefficient (Wildman–Crippen LogP) is 2.93. The van der Waals surface area contributed by atoms with E-state index in [2.05, 4.69) is 34.4 Å². The van der Waals surface area contributed by atoms with Crippen LogP contribution in [0.4, 0.5) is 17.3 Å². The van der Waals surface area contributed by atoms with Crippen molar-refractivity contribution in [2.45, 2.75) is 19.9 Å². The Kier molecular flexibility index (Phi) is 5.24. The van der Waals surface area contributed by atoms with Crippen LogP contribution in [0, 0.1) is 16.0 Å². The summed E-state index contributed by atoms with van der Waals surface area (Å²) in [7, 11) is 0. The normalized spacial score (nSPS) is 12.0. The smallest absolute Gasteiger partial charge is 0.305 e.